The van der Waals surface area contributed by atoms with E-state index >= 15 is 0 Å². The largest absolute Gasteiger partial charge is 0.491 e. The Morgan fingerprint density at radius 1 is 0.722 bits per heavy atom. The highest BCUT2D eigenvalue weighted by molar-refractivity contribution is 5.90. The molecule has 4 heterocycles. The number of nitrogens with zero attached hydrogens (tertiary/aromatic N) is 2. The number of aromatic amines is 2. The van der Waals surface area contributed by atoms with Crippen LogP contribution in [0.25, 0.3) is 22.1 Å². The Balaban J connectivity index is 0.995. The second-order valence-electron chi connectivity index (χ2n) is 13.7. The Morgan fingerprint density at radius 2 is 1.31 bits per heavy atom. The van der Waals surface area contributed by atoms with Gasteiger partial charge in [0.05, 0.1) is 39.3 Å². The molecule has 0 amide bonds. The molecule has 2 unspecified atom stereocenters. The summed E-state index contributed by atoms with van der Waals surface area (Å²) in [6, 6.07) is 26.2. The molecule has 0 spiro atoms. The lowest BCUT2D eigenvalue weighted by atomic mass is 10.1. The Hall–Kier alpha value is -5.96. The van der Waals surface area contributed by atoms with E-state index in [4.69, 9.17) is 23.7 Å². The standard InChI is InChI=1S/C40H38N4O10/c1-22-7-11-24(12-8-22)37(46)51-21-34-32(54-38(47)25-13-9-23(2)10-14-25)19-36(53-34)44-30-17-26(15-16-28(30)42-40(44)49)50-20-33-31(45)18-35(52-33)43-29-6-4-3-5-27(29)41-39(43)48/h3-17,31-36,45H,18-21H2,1-2H3,(H,41,48)(H,42,49)/t31?,32?,33-,34-,35-,36-/m1/s1. The molecule has 278 valence electrons. The average Bonchev–Trinajstić information content (AvgIpc) is 3.91. The molecule has 0 bridgehead atoms. The van der Waals surface area contributed by atoms with E-state index < -0.39 is 54.5 Å². The number of carbonyl (C=O) groups is 2. The van der Waals surface area contributed by atoms with Gasteiger partial charge in [0.25, 0.3) is 0 Å². The number of carbonyl (C=O) groups excluding carboxylic acids is 2. The summed E-state index contributed by atoms with van der Waals surface area (Å²) in [6.07, 6.45) is -4.65. The number of benzene rings is 4. The van der Waals surface area contributed by atoms with Gasteiger partial charge in [0.1, 0.15) is 49.7 Å². The molecule has 54 heavy (non-hydrogen) atoms. The summed E-state index contributed by atoms with van der Waals surface area (Å²) < 4.78 is 32.9. The van der Waals surface area contributed by atoms with E-state index in [0.29, 0.717) is 38.9 Å². The third kappa shape index (κ3) is 6.94. The molecule has 3 N–H and O–H groups in total. The predicted octanol–water partition coefficient (Wildman–Crippen LogP) is 4.69. The van der Waals surface area contributed by atoms with E-state index in [-0.39, 0.29) is 31.7 Å². The summed E-state index contributed by atoms with van der Waals surface area (Å²) in [5.74, 6) is -0.746. The zero-order valence-corrected chi connectivity index (χ0v) is 29.5. The zero-order valence-electron chi connectivity index (χ0n) is 29.5. The molecule has 2 aliphatic rings. The van der Waals surface area contributed by atoms with Crippen LogP contribution < -0.4 is 16.1 Å². The van der Waals surface area contributed by atoms with E-state index in [2.05, 4.69) is 9.97 Å². The van der Waals surface area contributed by atoms with Gasteiger partial charge in [-0.3, -0.25) is 9.13 Å². The van der Waals surface area contributed by atoms with E-state index in [1.165, 1.54) is 9.13 Å². The second kappa shape index (κ2) is 14.5. The van der Waals surface area contributed by atoms with Crippen LogP contribution in [0.3, 0.4) is 0 Å². The topological polar surface area (TPSA) is 176 Å². The van der Waals surface area contributed by atoms with Gasteiger partial charge in [-0.2, -0.15) is 0 Å². The van der Waals surface area contributed by atoms with Crippen molar-refractivity contribution in [2.45, 2.75) is 63.6 Å². The molecule has 4 aromatic carbocycles. The number of hydrogen-bond acceptors (Lipinski definition) is 10. The molecule has 0 saturated carbocycles. The van der Waals surface area contributed by atoms with Gasteiger partial charge in [-0.1, -0.05) is 47.5 Å². The first-order valence-electron chi connectivity index (χ1n) is 17.7. The summed E-state index contributed by atoms with van der Waals surface area (Å²) in [4.78, 5) is 57.9. The van der Waals surface area contributed by atoms with Gasteiger partial charge >= 0.3 is 23.3 Å². The number of esters is 2. The molecule has 2 aromatic heterocycles. The van der Waals surface area contributed by atoms with Gasteiger partial charge in [-0.25, -0.2) is 19.2 Å². The summed E-state index contributed by atoms with van der Waals surface area (Å²) in [7, 11) is 0. The number of aryl methyl sites for hydroxylation is 2. The maximum absolute atomic E-state index is 13.4. The molecule has 6 atom stereocenters. The number of para-hydroxylation sites is 2. The predicted molar refractivity (Wildman–Crippen MR) is 196 cm³/mol. The van der Waals surface area contributed by atoms with Gasteiger partial charge in [0.2, 0.25) is 0 Å². The van der Waals surface area contributed by atoms with Crippen molar-refractivity contribution in [2.75, 3.05) is 13.2 Å². The molecule has 0 radical (unpaired) electrons. The molecule has 2 saturated heterocycles. The first-order valence-corrected chi connectivity index (χ1v) is 17.7. The molecular weight excluding hydrogens is 696 g/mol. The number of hydrogen-bond donors (Lipinski definition) is 3. The van der Waals surface area contributed by atoms with Crippen molar-refractivity contribution in [2.24, 2.45) is 0 Å². The molecule has 0 aliphatic carbocycles. The van der Waals surface area contributed by atoms with Crippen LogP contribution in [0.5, 0.6) is 5.75 Å². The Bertz CT molecular complexity index is 2450. The van der Waals surface area contributed by atoms with Crippen LogP contribution in [0.1, 0.15) is 57.1 Å². The van der Waals surface area contributed by atoms with Crippen molar-refractivity contribution in [1.29, 1.82) is 0 Å². The smallest absolute Gasteiger partial charge is 0.338 e. The second-order valence-corrected chi connectivity index (χ2v) is 13.7. The minimum atomic E-state index is -0.895. The number of H-pyrrole nitrogens is 2. The molecule has 2 fully saturated rings. The van der Waals surface area contributed by atoms with Crippen LogP contribution in [-0.2, 0) is 18.9 Å². The molecule has 6 aromatic rings. The normalized spacial score (nSPS) is 22.5. The Kier molecular flexibility index (Phi) is 9.40. The molecular formula is C40H38N4O10. The van der Waals surface area contributed by atoms with E-state index in [0.717, 1.165) is 11.1 Å². The lowest BCUT2D eigenvalue weighted by Gasteiger charge is -2.19. The van der Waals surface area contributed by atoms with Gasteiger partial charge < -0.3 is 38.8 Å². The number of aromatic nitrogens is 4. The van der Waals surface area contributed by atoms with Crippen molar-refractivity contribution in [3.05, 3.63) is 134 Å². The summed E-state index contributed by atoms with van der Waals surface area (Å²) in [6.45, 7) is 3.57. The number of fused-ring (bicyclic) bond motifs is 2. The van der Waals surface area contributed by atoms with E-state index in [1.54, 1.807) is 72.8 Å². The highest BCUT2D eigenvalue weighted by atomic mass is 16.6. The fraction of sp³-hybridized carbons (Fsp3) is 0.300. The van der Waals surface area contributed by atoms with Gasteiger partial charge in [0, 0.05) is 18.9 Å². The van der Waals surface area contributed by atoms with E-state index in [9.17, 15) is 24.3 Å². The minimum Gasteiger partial charge on any atom is -0.491 e. The van der Waals surface area contributed by atoms with Crippen LogP contribution >= 0.6 is 0 Å². The third-order valence-electron chi connectivity index (χ3n) is 9.90. The summed E-state index contributed by atoms with van der Waals surface area (Å²) in [5, 5.41) is 10.8. The summed E-state index contributed by atoms with van der Waals surface area (Å²) in [5.41, 5.74) is 4.20. The quantitative estimate of drug-likeness (QED) is 0.168. The van der Waals surface area contributed by atoms with Crippen molar-refractivity contribution in [3.8, 4) is 5.75 Å². The average molecular weight is 735 g/mol. The molecule has 2 aliphatic heterocycles. The summed E-state index contributed by atoms with van der Waals surface area (Å²) >= 11 is 0. The zero-order chi connectivity index (χ0) is 37.5. The number of aliphatic hydroxyl groups excluding tert-OH is 1. The highest BCUT2D eigenvalue weighted by Gasteiger charge is 2.41. The fourth-order valence-electron chi connectivity index (χ4n) is 7.00. The van der Waals surface area contributed by atoms with Crippen molar-refractivity contribution in [1.82, 2.24) is 19.1 Å². The number of nitrogens with one attached hydrogen (secondary N) is 2. The first-order chi connectivity index (χ1) is 26.1. The molecule has 14 heteroatoms. The number of ether oxygens (including phenoxy) is 5. The van der Waals surface area contributed by atoms with Gasteiger partial charge in [0.15, 0.2) is 0 Å². The van der Waals surface area contributed by atoms with Crippen molar-refractivity contribution >= 4 is 34.0 Å². The minimum absolute atomic E-state index is 0.0275. The Morgan fingerprint density at radius 3 is 2.02 bits per heavy atom. The lowest BCUT2D eigenvalue weighted by Crippen LogP contribution is -2.32. The highest BCUT2D eigenvalue weighted by Crippen LogP contribution is 2.35. The number of imidazole rings is 2. The van der Waals surface area contributed by atoms with Crippen LogP contribution in [0.15, 0.2) is 101 Å². The third-order valence-corrected chi connectivity index (χ3v) is 9.90. The van der Waals surface area contributed by atoms with Crippen LogP contribution in [0.4, 0.5) is 0 Å². The lowest BCUT2D eigenvalue weighted by molar-refractivity contribution is -0.0569. The monoisotopic (exact) mass is 734 g/mol. The molecule has 14 nitrogen and oxygen atoms in total. The van der Waals surface area contributed by atoms with Crippen molar-refractivity contribution < 1.29 is 38.4 Å². The van der Waals surface area contributed by atoms with Crippen LogP contribution in [-0.4, -0.2) is 73.8 Å². The maximum atomic E-state index is 13.4. The van der Waals surface area contributed by atoms with E-state index in [1.807, 2.05) is 32.0 Å². The van der Waals surface area contributed by atoms with Crippen LogP contribution in [0, 0.1) is 13.8 Å². The SMILES string of the molecule is Cc1ccc(C(=O)OC[C@H]2O[C@@H](n3c(=O)[nH]c4ccc(OC[C@H]5O[C@@H](n6c(=O)[nH]c7ccccc76)CC5O)cc43)CC2OC(=O)c2ccc(C)cc2)cc1. The van der Waals surface area contributed by atoms with Gasteiger partial charge in [-0.15, -0.1) is 0 Å². The van der Waals surface area contributed by atoms with Gasteiger partial charge in [-0.05, 0) is 62.4 Å². The number of rotatable bonds is 10. The number of aliphatic hydroxyl groups is 1. The molecule has 8 rings (SSSR count). The first kappa shape index (κ1) is 35.1. The fourth-order valence-corrected chi connectivity index (χ4v) is 7.00. The maximum Gasteiger partial charge on any atom is 0.338 e. The van der Waals surface area contributed by atoms with Crippen LogP contribution in [0.2, 0.25) is 0 Å². The Labute approximate surface area is 307 Å². The van der Waals surface area contributed by atoms with Crippen molar-refractivity contribution in [3.63, 3.8) is 0 Å².